The third kappa shape index (κ3) is 6.11. The Morgan fingerprint density at radius 1 is 1.22 bits per heavy atom. The zero-order valence-electron chi connectivity index (χ0n) is 17.1. The van der Waals surface area contributed by atoms with Crippen LogP contribution < -0.4 is 10.1 Å². The summed E-state index contributed by atoms with van der Waals surface area (Å²) in [6.45, 7) is 1.94. The number of pyridine rings is 1. The van der Waals surface area contributed by atoms with E-state index in [-0.39, 0.29) is 31.2 Å². The smallest absolute Gasteiger partial charge is 0.195 e. The molecule has 0 radical (unpaired) electrons. The summed E-state index contributed by atoms with van der Waals surface area (Å²) in [5.74, 6) is 2.46. The van der Waals surface area contributed by atoms with Crippen molar-refractivity contribution >= 4 is 58.9 Å². The number of halogens is 2. The Morgan fingerprint density at radius 2 is 2.00 bits per heavy atom. The lowest BCUT2D eigenvalue weighted by Gasteiger charge is -2.12. The normalized spacial score (nSPS) is 9.91. The molecule has 0 saturated heterocycles. The van der Waals surface area contributed by atoms with Gasteiger partial charge in [0.05, 0.1) is 18.2 Å². The first-order valence-electron chi connectivity index (χ1n) is 8.97. The van der Waals surface area contributed by atoms with Crippen molar-refractivity contribution in [3.63, 3.8) is 0 Å². The predicted octanol–water partition coefficient (Wildman–Crippen LogP) is 5.57. The molecule has 12 heteroatoms. The third-order valence-electron chi connectivity index (χ3n) is 4.01. The highest BCUT2D eigenvalue weighted by Crippen LogP contribution is 2.36. The summed E-state index contributed by atoms with van der Waals surface area (Å²) in [7, 11) is 1.84. The number of nitriles is 1. The van der Waals surface area contributed by atoms with E-state index in [0.717, 1.165) is 15.7 Å². The van der Waals surface area contributed by atoms with Gasteiger partial charge in [0.15, 0.2) is 21.9 Å². The molecule has 8 nitrogen and oxygen atoms in total. The summed E-state index contributed by atoms with van der Waals surface area (Å²) in [5, 5.41) is 23.7. The molecule has 0 aliphatic carbocycles. The van der Waals surface area contributed by atoms with Crippen LogP contribution in [0.1, 0.15) is 11.5 Å². The van der Waals surface area contributed by atoms with E-state index in [1.54, 1.807) is 10.8 Å². The van der Waals surface area contributed by atoms with Crippen molar-refractivity contribution in [2.24, 2.45) is 7.05 Å². The molecular weight excluding hydrogens is 489 g/mol. The fraction of sp³-hybridized carbons (Fsp3) is 0.150. The Bertz CT molecular complexity index is 1210. The molecule has 3 aromatic heterocycles. The van der Waals surface area contributed by atoms with Gasteiger partial charge >= 0.3 is 0 Å². The lowest BCUT2D eigenvalue weighted by atomic mass is 10.3. The summed E-state index contributed by atoms with van der Waals surface area (Å²) in [6.07, 6.45) is 1.95. The molecule has 0 amide bonds. The molecule has 0 aliphatic rings. The van der Waals surface area contributed by atoms with Gasteiger partial charge in [0.2, 0.25) is 0 Å². The van der Waals surface area contributed by atoms with E-state index in [2.05, 4.69) is 31.6 Å². The number of aromatic nitrogens is 5. The first-order valence-corrected chi connectivity index (χ1v) is 10.7. The fourth-order valence-electron chi connectivity index (χ4n) is 2.55. The van der Waals surface area contributed by atoms with E-state index in [1.807, 2.05) is 55.7 Å². The molecule has 3 heterocycles. The Labute approximate surface area is 205 Å². The van der Waals surface area contributed by atoms with Gasteiger partial charge in [-0.2, -0.15) is 5.26 Å². The van der Waals surface area contributed by atoms with Gasteiger partial charge in [-0.3, -0.25) is 0 Å². The van der Waals surface area contributed by atoms with Crippen LogP contribution in [0.5, 0.6) is 11.5 Å². The number of benzene rings is 1. The minimum absolute atomic E-state index is 0. The van der Waals surface area contributed by atoms with Gasteiger partial charge in [-0.15, -0.1) is 46.3 Å². The van der Waals surface area contributed by atoms with Crippen LogP contribution in [0.2, 0.25) is 0 Å². The van der Waals surface area contributed by atoms with Crippen LogP contribution in [-0.2, 0) is 13.5 Å². The molecule has 32 heavy (non-hydrogen) atoms. The minimum Gasteiger partial charge on any atom is -0.453 e. The van der Waals surface area contributed by atoms with Crippen molar-refractivity contribution in [1.82, 2.24) is 24.7 Å². The topological polar surface area (TPSA) is 102 Å². The Balaban J connectivity index is 0.00000181. The number of para-hydroxylation sites is 1. The summed E-state index contributed by atoms with van der Waals surface area (Å²) >= 11 is 2.91. The average Bonchev–Trinajstić information content (AvgIpc) is 3.31. The summed E-state index contributed by atoms with van der Waals surface area (Å²) in [4.78, 5) is 9.82. The van der Waals surface area contributed by atoms with E-state index in [0.29, 0.717) is 28.3 Å². The number of rotatable bonds is 7. The van der Waals surface area contributed by atoms with Crippen LogP contribution >= 0.6 is 47.9 Å². The van der Waals surface area contributed by atoms with Crippen LogP contribution in [0, 0.1) is 18.3 Å². The molecule has 0 fully saturated rings. The van der Waals surface area contributed by atoms with Gasteiger partial charge in [0.1, 0.15) is 11.6 Å². The molecule has 0 atom stereocenters. The van der Waals surface area contributed by atoms with Crippen LogP contribution in [0.3, 0.4) is 0 Å². The number of hydrogen-bond donors (Lipinski definition) is 1. The molecule has 4 rings (SSSR count). The van der Waals surface area contributed by atoms with E-state index in [4.69, 9.17) is 10.00 Å². The molecule has 1 aromatic carbocycles. The number of thiazole rings is 1. The number of aryl methyl sites for hydroxylation is 1. The van der Waals surface area contributed by atoms with Crippen molar-refractivity contribution in [1.29, 1.82) is 5.26 Å². The van der Waals surface area contributed by atoms with Gasteiger partial charge in [0, 0.05) is 29.6 Å². The molecule has 0 saturated carbocycles. The van der Waals surface area contributed by atoms with Gasteiger partial charge in [-0.1, -0.05) is 18.2 Å². The van der Waals surface area contributed by atoms with Crippen molar-refractivity contribution in [3.05, 3.63) is 59.5 Å². The van der Waals surface area contributed by atoms with E-state index < -0.39 is 0 Å². The van der Waals surface area contributed by atoms with Crippen LogP contribution in [0.4, 0.5) is 10.9 Å². The molecule has 0 aliphatic heterocycles. The van der Waals surface area contributed by atoms with Crippen molar-refractivity contribution in [2.45, 2.75) is 23.4 Å². The van der Waals surface area contributed by atoms with Crippen LogP contribution in [-0.4, -0.2) is 24.7 Å². The van der Waals surface area contributed by atoms with E-state index in [9.17, 15) is 0 Å². The maximum atomic E-state index is 8.90. The maximum absolute atomic E-state index is 8.90. The zero-order chi connectivity index (χ0) is 20.9. The number of nitrogens with zero attached hydrogens (tertiary/aromatic N) is 6. The second kappa shape index (κ2) is 11.7. The number of ether oxygens (including phenoxy) is 1. The molecule has 0 unspecified atom stereocenters. The molecule has 166 valence electrons. The first-order chi connectivity index (χ1) is 14.6. The maximum Gasteiger partial charge on any atom is 0.195 e. The quantitative estimate of drug-likeness (QED) is 0.346. The summed E-state index contributed by atoms with van der Waals surface area (Å²) in [5.41, 5.74) is 0.940. The molecule has 0 bridgehead atoms. The Kier molecular flexibility index (Phi) is 9.28. The highest BCUT2D eigenvalue weighted by atomic mass is 35.5. The van der Waals surface area contributed by atoms with E-state index >= 15 is 0 Å². The summed E-state index contributed by atoms with van der Waals surface area (Å²) in [6, 6.07) is 13.5. The molecule has 1 N–H and O–H groups in total. The highest BCUT2D eigenvalue weighted by molar-refractivity contribution is 7.99. The van der Waals surface area contributed by atoms with Crippen LogP contribution in [0.25, 0.3) is 0 Å². The van der Waals surface area contributed by atoms with Crippen LogP contribution in [0.15, 0.2) is 58.0 Å². The highest BCUT2D eigenvalue weighted by Gasteiger charge is 2.14. The standard InChI is InChI=1S/C20H17N7OS2.2ClH/c1-13-12-29-19(23-13)24-18-16(28-14-6-4-3-5-7-14)10-15(11-22-18)30-20-26-25-17(8-9-21)27(20)2;;/h3-7,10-12H,8H2,1-2H3,(H,22,23,24);2*1H. The number of anilines is 2. The van der Waals surface area contributed by atoms with Crippen molar-refractivity contribution < 1.29 is 4.74 Å². The summed E-state index contributed by atoms with van der Waals surface area (Å²) < 4.78 is 7.90. The van der Waals surface area contributed by atoms with Crippen molar-refractivity contribution in [3.8, 4) is 17.6 Å². The average molecular weight is 508 g/mol. The van der Waals surface area contributed by atoms with Gasteiger partial charge < -0.3 is 14.6 Å². The molecule has 4 aromatic rings. The second-order valence-electron chi connectivity index (χ2n) is 6.25. The lowest BCUT2D eigenvalue weighted by molar-refractivity contribution is 0.481. The molecular formula is C20H19Cl2N7OS2. The fourth-order valence-corrected chi connectivity index (χ4v) is 4.04. The van der Waals surface area contributed by atoms with Gasteiger partial charge in [-0.25, -0.2) is 9.97 Å². The Hall–Kier alpha value is -2.84. The largest absolute Gasteiger partial charge is 0.453 e. The van der Waals surface area contributed by atoms with E-state index in [1.165, 1.54) is 23.1 Å². The monoisotopic (exact) mass is 507 g/mol. The first kappa shape index (κ1) is 25.4. The molecule has 0 spiro atoms. The lowest BCUT2D eigenvalue weighted by Crippen LogP contribution is -1.99. The minimum atomic E-state index is 0. The second-order valence-corrected chi connectivity index (χ2v) is 8.15. The Morgan fingerprint density at radius 3 is 2.69 bits per heavy atom. The third-order valence-corrected chi connectivity index (χ3v) is 5.89. The van der Waals surface area contributed by atoms with Gasteiger partial charge in [-0.05, 0) is 30.8 Å². The van der Waals surface area contributed by atoms with Crippen molar-refractivity contribution in [2.75, 3.05) is 5.32 Å². The van der Waals surface area contributed by atoms with Gasteiger partial charge in [0.25, 0.3) is 0 Å². The zero-order valence-corrected chi connectivity index (χ0v) is 20.3. The number of nitrogens with one attached hydrogen (secondary N) is 1. The predicted molar refractivity (Wildman–Crippen MR) is 130 cm³/mol. The SMILES string of the molecule is Cc1csc(Nc2ncc(Sc3nnc(CC#N)n3C)cc2Oc2ccccc2)n1.Cl.Cl. The number of hydrogen-bond acceptors (Lipinski definition) is 9.